The lowest BCUT2D eigenvalue weighted by molar-refractivity contribution is -0.121. The van der Waals surface area contributed by atoms with E-state index in [-0.39, 0.29) is 18.1 Å². The number of nitrogens with one attached hydrogen (secondary N) is 1. The predicted octanol–water partition coefficient (Wildman–Crippen LogP) is 5.05. The summed E-state index contributed by atoms with van der Waals surface area (Å²) >= 11 is 7.81. The quantitative estimate of drug-likeness (QED) is 0.285. The van der Waals surface area contributed by atoms with Gasteiger partial charge in [-0.25, -0.2) is 5.43 Å². The molecule has 1 aliphatic heterocycles. The van der Waals surface area contributed by atoms with Crippen molar-refractivity contribution in [2.75, 3.05) is 0 Å². The van der Waals surface area contributed by atoms with Crippen LogP contribution in [0.5, 0.6) is 5.75 Å². The van der Waals surface area contributed by atoms with Crippen molar-refractivity contribution >= 4 is 40.8 Å². The Hall–Kier alpha value is -3.82. The number of aryl methyl sites for hydroxylation is 2. The van der Waals surface area contributed by atoms with Gasteiger partial charge in [0, 0.05) is 21.0 Å². The Kier molecular flexibility index (Phi) is 6.42. The summed E-state index contributed by atoms with van der Waals surface area (Å²) in [7, 11) is 0. The second-order valence-corrected chi connectivity index (χ2v) is 10.1. The van der Waals surface area contributed by atoms with Crippen molar-refractivity contribution in [3.8, 4) is 10.8 Å². The van der Waals surface area contributed by atoms with Gasteiger partial charge in [0.15, 0.2) is 5.82 Å². The Balaban J connectivity index is 1.52. The van der Waals surface area contributed by atoms with E-state index < -0.39 is 6.04 Å². The highest BCUT2D eigenvalue weighted by Crippen LogP contribution is 2.39. The molecule has 0 unspecified atom stereocenters. The number of aliphatic imine (C=N–C) groups is 1. The third-order valence-electron chi connectivity index (χ3n) is 6.03. The molecule has 0 bridgehead atoms. The molecule has 0 aliphatic carbocycles. The number of carbonyl (C=O) groups excluding carboxylic acids is 1. The van der Waals surface area contributed by atoms with Gasteiger partial charge in [0.2, 0.25) is 5.91 Å². The van der Waals surface area contributed by atoms with Gasteiger partial charge >= 0.3 is 0 Å². The van der Waals surface area contributed by atoms with Gasteiger partial charge in [-0.05, 0) is 68.3 Å². The zero-order valence-electron chi connectivity index (χ0n) is 19.9. The number of fused-ring (bicyclic) bond motifs is 3. The number of phenols is 1. The molecule has 3 heterocycles. The molecule has 0 fully saturated rings. The van der Waals surface area contributed by atoms with E-state index in [0.717, 1.165) is 38.8 Å². The Morgan fingerprint density at radius 3 is 2.58 bits per heavy atom. The van der Waals surface area contributed by atoms with E-state index in [1.807, 2.05) is 35.8 Å². The molecular weight excluding hydrogens is 496 g/mol. The average Bonchev–Trinajstić information content (AvgIpc) is 3.33. The van der Waals surface area contributed by atoms with E-state index in [9.17, 15) is 9.90 Å². The lowest BCUT2D eigenvalue weighted by Crippen LogP contribution is -2.21. The van der Waals surface area contributed by atoms with Gasteiger partial charge in [0.25, 0.3) is 0 Å². The predicted molar refractivity (Wildman–Crippen MR) is 142 cm³/mol. The van der Waals surface area contributed by atoms with Crippen molar-refractivity contribution in [2.24, 2.45) is 10.1 Å². The number of amides is 1. The first-order chi connectivity index (χ1) is 17.3. The molecule has 0 saturated heterocycles. The molecule has 36 heavy (non-hydrogen) atoms. The molecule has 0 radical (unpaired) electrons. The zero-order chi connectivity index (χ0) is 25.4. The van der Waals surface area contributed by atoms with Crippen LogP contribution < -0.4 is 5.43 Å². The monoisotopic (exact) mass is 518 g/mol. The van der Waals surface area contributed by atoms with Crippen LogP contribution in [0.2, 0.25) is 5.02 Å². The minimum Gasteiger partial charge on any atom is -0.508 e. The minimum absolute atomic E-state index is 0.0368. The summed E-state index contributed by atoms with van der Waals surface area (Å²) in [5.41, 5.74) is 7.17. The van der Waals surface area contributed by atoms with E-state index in [2.05, 4.69) is 34.6 Å². The summed E-state index contributed by atoms with van der Waals surface area (Å²) in [4.78, 5) is 19.2. The number of thiophene rings is 1. The number of aromatic nitrogens is 3. The number of aromatic hydroxyl groups is 1. The molecule has 1 amide bonds. The number of hydrogen-bond acceptors (Lipinski definition) is 7. The van der Waals surface area contributed by atoms with Gasteiger partial charge in [-0.3, -0.25) is 14.4 Å². The van der Waals surface area contributed by atoms with E-state index >= 15 is 0 Å². The molecule has 182 valence electrons. The van der Waals surface area contributed by atoms with Crippen molar-refractivity contribution < 1.29 is 9.90 Å². The molecule has 0 spiro atoms. The lowest BCUT2D eigenvalue weighted by atomic mass is 9.99. The third kappa shape index (κ3) is 4.55. The first kappa shape index (κ1) is 23.9. The molecule has 4 aromatic rings. The van der Waals surface area contributed by atoms with Gasteiger partial charge < -0.3 is 5.11 Å². The Morgan fingerprint density at radius 1 is 1.14 bits per heavy atom. The van der Waals surface area contributed by atoms with Gasteiger partial charge in [0.05, 0.1) is 18.3 Å². The Morgan fingerprint density at radius 2 is 1.86 bits per heavy atom. The number of rotatable bonds is 5. The molecule has 8 nitrogen and oxygen atoms in total. The van der Waals surface area contributed by atoms with Crippen molar-refractivity contribution in [3.63, 3.8) is 0 Å². The van der Waals surface area contributed by atoms with Crippen molar-refractivity contribution in [2.45, 2.75) is 33.2 Å². The maximum atomic E-state index is 12.9. The van der Waals surface area contributed by atoms with Crippen LogP contribution in [0.15, 0.2) is 58.6 Å². The normalized spacial score (nSPS) is 14.8. The number of nitrogens with zero attached hydrogens (tertiary/aromatic N) is 5. The number of benzene rings is 2. The average molecular weight is 519 g/mol. The van der Waals surface area contributed by atoms with E-state index in [4.69, 9.17) is 16.6 Å². The van der Waals surface area contributed by atoms with Gasteiger partial charge in [0.1, 0.15) is 22.6 Å². The summed E-state index contributed by atoms with van der Waals surface area (Å²) in [5.74, 6) is 1.20. The van der Waals surface area contributed by atoms with Crippen molar-refractivity contribution in [1.29, 1.82) is 0 Å². The van der Waals surface area contributed by atoms with Crippen LogP contribution in [0.1, 0.15) is 51.2 Å². The summed E-state index contributed by atoms with van der Waals surface area (Å²) in [6.07, 6.45) is 1.55. The Labute approximate surface area is 217 Å². The minimum atomic E-state index is -0.569. The molecule has 2 aromatic heterocycles. The highest BCUT2D eigenvalue weighted by Gasteiger charge is 2.32. The van der Waals surface area contributed by atoms with Crippen LogP contribution >= 0.6 is 22.9 Å². The number of hydrazone groups is 1. The van der Waals surface area contributed by atoms with Crippen molar-refractivity contribution in [1.82, 2.24) is 20.2 Å². The first-order valence-corrected chi connectivity index (χ1v) is 12.5. The summed E-state index contributed by atoms with van der Waals surface area (Å²) in [5, 5.41) is 23.8. The molecular formula is C26H23ClN6O2S. The summed E-state index contributed by atoms with van der Waals surface area (Å²) in [6.45, 7) is 6.07. The SMILES string of the molecule is Cc1sc2c(c1C)C(c1ccc(Cl)cc1)=N[C@@H](CC(=O)NN=Cc1ccc(O)cc1)c1nnc(C)n1-2. The molecule has 1 aliphatic rings. The topological polar surface area (TPSA) is 105 Å². The van der Waals surface area contributed by atoms with Gasteiger partial charge in [-0.1, -0.05) is 23.7 Å². The molecule has 2 N–H and O–H groups in total. The third-order valence-corrected chi connectivity index (χ3v) is 7.48. The number of halogens is 1. The number of carbonyl (C=O) groups is 1. The maximum absolute atomic E-state index is 12.9. The zero-order valence-corrected chi connectivity index (χ0v) is 21.4. The van der Waals surface area contributed by atoms with Crippen LogP contribution in [0.25, 0.3) is 5.00 Å². The fourth-order valence-electron chi connectivity index (χ4n) is 4.09. The lowest BCUT2D eigenvalue weighted by Gasteiger charge is -2.12. The van der Waals surface area contributed by atoms with Crippen LogP contribution in [-0.4, -0.2) is 37.7 Å². The van der Waals surface area contributed by atoms with Crippen LogP contribution in [0.4, 0.5) is 0 Å². The molecule has 1 atom stereocenters. The van der Waals surface area contributed by atoms with Gasteiger partial charge in [-0.2, -0.15) is 5.10 Å². The number of hydrogen-bond donors (Lipinski definition) is 2. The van der Waals surface area contributed by atoms with E-state index in [0.29, 0.717) is 10.8 Å². The fourth-order valence-corrected chi connectivity index (χ4v) is 5.43. The van der Waals surface area contributed by atoms with E-state index in [1.54, 1.807) is 35.6 Å². The molecule has 2 aromatic carbocycles. The standard InChI is InChI=1S/C26H23ClN6O2S/c1-14-15(2)36-26-23(14)24(18-6-8-19(27)9-7-18)29-21(25-32-30-16(3)33(25)26)12-22(35)31-28-13-17-4-10-20(34)11-5-17/h4-11,13,21,34H,12H2,1-3H3,(H,31,35)/t21-/m0/s1. The summed E-state index contributed by atoms with van der Waals surface area (Å²) in [6, 6.07) is 13.5. The van der Waals surface area contributed by atoms with Gasteiger partial charge in [-0.15, -0.1) is 21.5 Å². The van der Waals surface area contributed by atoms with Crippen LogP contribution in [0.3, 0.4) is 0 Å². The van der Waals surface area contributed by atoms with E-state index in [1.165, 1.54) is 11.1 Å². The number of phenolic OH excluding ortho intramolecular Hbond substituents is 1. The molecule has 0 saturated carbocycles. The first-order valence-electron chi connectivity index (χ1n) is 11.3. The Bertz CT molecular complexity index is 1500. The highest BCUT2D eigenvalue weighted by atomic mass is 35.5. The second kappa shape index (κ2) is 9.67. The second-order valence-electron chi connectivity index (χ2n) is 8.49. The largest absolute Gasteiger partial charge is 0.508 e. The van der Waals surface area contributed by atoms with Crippen LogP contribution in [0, 0.1) is 20.8 Å². The summed E-state index contributed by atoms with van der Waals surface area (Å²) < 4.78 is 2.00. The molecule has 5 rings (SSSR count). The molecule has 10 heteroatoms. The van der Waals surface area contributed by atoms with Crippen LogP contribution in [-0.2, 0) is 4.79 Å². The fraction of sp³-hybridized carbons (Fsp3) is 0.192. The maximum Gasteiger partial charge on any atom is 0.242 e. The van der Waals surface area contributed by atoms with Crippen molar-refractivity contribution in [3.05, 3.63) is 92.3 Å². The highest BCUT2D eigenvalue weighted by molar-refractivity contribution is 7.15. The smallest absolute Gasteiger partial charge is 0.242 e.